The molecule has 20 heavy (non-hydrogen) atoms. The van der Waals surface area contributed by atoms with Gasteiger partial charge in [-0.3, -0.25) is 0 Å². The fourth-order valence-electron chi connectivity index (χ4n) is 2.20. The molecule has 3 N–H and O–H groups in total. The van der Waals surface area contributed by atoms with Gasteiger partial charge in [0, 0.05) is 11.1 Å². The van der Waals surface area contributed by atoms with Crippen molar-refractivity contribution in [3.8, 4) is 0 Å². The van der Waals surface area contributed by atoms with Crippen LogP contribution in [0.5, 0.6) is 0 Å². The summed E-state index contributed by atoms with van der Waals surface area (Å²) < 4.78 is 13.8. The zero-order valence-electron chi connectivity index (χ0n) is 11.9. The van der Waals surface area contributed by atoms with Gasteiger partial charge in [-0.05, 0) is 18.9 Å². The van der Waals surface area contributed by atoms with E-state index >= 15 is 0 Å². The van der Waals surface area contributed by atoms with Gasteiger partial charge in [-0.15, -0.1) is 0 Å². The average molecular weight is 274 g/mol. The van der Waals surface area contributed by atoms with Crippen molar-refractivity contribution < 1.29 is 4.39 Å². The summed E-state index contributed by atoms with van der Waals surface area (Å²) in [7, 11) is 0. The summed E-state index contributed by atoms with van der Waals surface area (Å²) in [6, 6.07) is 6.49. The topological polar surface area (TPSA) is 63.8 Å². The molecule has 0 bridgehead atoms. The van der Waals surface area contributed by atoms with Crippen LogP contribution in [0.2, 0.25) is 0 Å². The van der Waals surface area contributed by atoms with Crippen molar-refractivity contribution in [3.63, 3.8) is 0 Å². The van der Waals surface area contributed by atoms with E-state index in [9.17, 15) is 4.39 Å². The Morgan fingerprint density at radius 3 is 2.50 bits per heavy atom. The highest BCUT2D eigenvalue weighted by atomic mass is 19.1. The average Bonchev–Trinajstić information content (AvgIpc) is 2.38. The largest absolute Gasteiger partial charge is 0.383 e. The number of nitrogens with two attached hydrogens (primary N) is 1. The minimum atomic E-state index is -0.236. The Hall–Kier alpha value is -2.17. The Morgan fingerprint density at radius 2 is 1.85 bits per heavy atom. The Kier molecular flexibility index (Phi) is 4.17. The number of hydrogen-bond acceptors (Lipinski definition) is 4. The second-order valence-corrected chi connectivity index (χ2v) is 5.06. The SMILES string of the molecule is CC(C)c1c(N)ncnc1NC(C)c1ccccc1F. The van der Waals surface area contributed by atoms with E-state index in [0.717, 1.165) is 5.56 Å². The molecule has 0 saturated heterocycles. The van der Waals surface area contributed by atoms with Crippen LogP contribution in [0, 0.1) is 5.82 Å². The van der Waals surface area contributed by atoms with Gasteiger partial charge in [-0.1, -0.05) is 32.0 Å². The van der Waals surface area contributed by atoms with E-state index in [4.69, 9.17) is 5.73 Å². The van der Waals surface area contributed by atoms with Crippen LogP contribution in [0.1, 0.15) is 43.9 Å². The molecule has 2 rings (SSSR count). The summed E-state index contributed by atoms with van der Waals surface area (Å²) in [6.45, 7) is 5.93. The van der Waals surface area contributed by atoms with E-state index in [1.54, 1.807) is 12.1 Å². The maximum absolute atomic E-state index is 13.8. The predicted molar refractivity (Wildman–Crippen MR) is 79.0 cm³/mol. The van der Waals surface area contributed by atoms with Gasteiger partial charge in [0.25, 0.3) is 0 Å². The Labute approximate surface area is 118 Å². The molecular weight excluding hydrogens is 255 g/mol. The fourth-order valence-corrected chi connectivity index (χ4v) is 2.20. The molecule has 106 valence electrons. The van der Waals surface area contributed by atoms with Crippen LogP contribution < -0.4 is 11.1 Å². The molecule has 0 aliphatic rings. The summed E-state index contributed by atoms with van der Waals surface area (Å²) in [5.74, 6) is 1.06. The lowest BCUT2D eigenvalue weighted by atomic mass is 10.0. The van der Waals surface area contributed by atoms with Gasteiger partial charge in [-0.25, -0.2) is 14.4 Å². The fraction of sp³-hybridized carbons (Fsp3) is 0.333. The molecule has 0 fully saturated rings. The van der Waals surface area contributed by atoms with E-state index in [1.165, 1.54) is 12.4 Å². The third-order valence-electron chi connectivity index (χ3n) is 3.22. The van der Waals surface area contributed by atoms with E-state index in [0.29, 0.717) is 17.2 Å². The van der Waals surface area contributed by atoms with Crippen LogP contribution in [0.3, 0.4) is 0 Å². The number of aromatic nitrogens is 2. The zero-order chi connectivity index (χ0) is 14.7. The molecule has 0 spiro atoms. The van der Waals surface area contributed by atoms with E-state index in [-0.39, 0.29) is 17.8 Å². The highest BCUT2D eigenvalue weighted by molar-refractivity contribution is 5.57. The first-order valence-corrected chi connectivity index (χ1v) is 6.62. The first-order valence-electron chi connectivity index (χ1n) is 6.62. The van der Waals surface area contributed by atoms with E-state index in [1.807, 2.05) is 26.8 Å². The smallest absolute Gasteiger partial charge is 0.135 e. The van der Waals surface area contributed by atoms with Crippen LogP contribution in [-0.4, -0.2) is 9.97 Å². The first kappa shape index (κ1) is 14.2. The first-order chi connectivity index (χ1) is 9.50. The van der Waals surface area contributed by atoms with Crippen molar-refractivity contribution in [2.45, 2.75) is 32.7 Å². The third-order valence-corrected chi connectivity index (χ3v) is 3.22. The summed E-state index contributed by atoms with van der Waals surface area (Å²) in [5.41, 5.74) is 7.36. The molecule has 0 radical (unpaired) electrons. The number of anilines is 2. The molecule has 0 saturated carbocycles. The Bertz CT molecular complexity index is 598. The minimum absolute atomic E-state index is 0.187. The van der Waals surface area contributed by atoms with Gasteiger partial charge in [0.05, 0.1) is 6.04 Å². The molecule has 1 heterocycles. The summed E-state index contributed by atoms with van der Waals surface area (Å²) in [6.07, 6.45) is 1.41. The number of nitrogens with zero attached hydrogens (tertiary/aromatic N) is 2. The maximum atomic E-state index is 13.8. The molecule has 1 aromatic carbocycles. The van der Waals surface area contributed by atoms with Gasteiger partial charge in [0.15, 0.2) is 0 Å². The van der Waals surface area contributed by atoms with Gasteiger partial charge in [0.1, 0.15) is 23.8 Å². The van der Waals surface area contributed by atoms with Crippen molar-refractivity contribution in [1.82, 2.24) is 9.97 Å². The third kappa shape index (κ3) is 2.87. The molecule has 2 aromatic rings. The normalized spacial score (nSPS) is 12.4. The number of hydrogen-bond donors (Lipinski definition) is 2. The molecule has 1 atom stereocenters. The number of halogens is 1. The highest BCUT2D eigenvalue weighted by Gasteiger charge is 2.16. The summed E-state index contributed by atoms with van der Waals surface area (Å²) in [4.78, 5) is 8.24. The molecule has 1 unspecified atom stereocenters. The monoisotopic (exact) mass is 274 g/mol. The zero-order valence-corrected chi connectivity index (χ0v) is 11.9. The number of nitrogen functional groups attached to an aromatic ring is 1. The highest BCUT2D eigenvalue weighted by Crippen LogP contribution is 2.29. The second-order valence-electron chi connectivity index (χ2n) is 5.06. The number of benzene rings is 1. The summed E-state index contributed by atoms with van der Waals surface area (Å²) >= 11 is 0. The van der Waals surface area contributed by atoms with Crippen molar-refractivity contribution in [3.05, 3.63) is 47.5 Å². The lowest BCUT2D eigenvalue weighted by Crippen LogP contribution is -2.13. The van der Waals surface area contributed by atoms with Crippen LogP contribution in [-0.2, 0) is 0 Å². The van der Waals surface area contributed by atoms with Crippen molar-refractivity contribution in [2.24, 2.45) is 0 Å². The predicted octanol–water partition coefficient (Wildman–Crippen LogP) is 3.49. The lowest BCUT2D eigenvalue weighted by Gasteiger charge is -2.20. The minimum Gasteiger partial charge on any atom is -0.383 e. The van der Waals surface area contributed by atoms with E-state index < -0.39 is 0 Å². The van der Waals surface area contributed by atoms with Crippen molar-refractivity contribution >= 4 is 11.6 Å². The van der Waals surface area contributed by atoms with Crippen molar-refractivity contribution in [1.29, 1.82) is 0 Å². The summed E-state index contributed by atoms with van der Waals surface area (Å²) in [5, 5.41) is 3.22. The lowest BCUT2D eigenvalue weighted by molar-refractivity contribution is 0.600. The Balaban J connectivity index is 2.31. The molecular formula is C15H19FN4. The molecule has 4 nitrogen and oxygen atoms in total. The second kappa shape index (κ2) is 5.86. The van der Waals surface area contributed by atoms with Crippen LogP contribution >= 0.6 is 0 Å². The molecule has 0 aliphatic carbocycles. The molecule has 0 amide bonds. The van der Waals surface area contributed by atoms with E-state index in [2.05, 4.69) is 15.3 Å². The van der Waals surface area contributed by atoms with Gasteiger partial charge in [0.2, 0.25) is 0 Å². The van der Waals surface area contributed by atoms with Gasteiger partial charge < -0.3 is 11.1 Å². The standard InChI is InChI=1S/C15H19FN4/c1-9(2)13-14(17)18-8-19-15(13)20-10(3)11-6-4-5-7-12(11)16/h4-10H,1-3H3,(H3,17,18,19,20). The maximum Gasteiger partial charge on any atom is 0.135 e. The van der Waals surface area contributed by atoms with Crippen molar-refractivity contribution in [2.75, 3.05) is 11.1 Å². The molecule has 5 heteroatoms. The number of rotatable bonds is 4. The van der Waals surface area contributed by atoms with Crippen LogP contribution in [0.25, 0.3) is 0 Å². The van der Waals surface area contributed by atoms with Gasteiger partial charge >= 0.3 is 0 Å². The van der Waals surface area contributed by atoms with Crippen LogP contribution in [0.15, 0.2) is 30.6 Å². The quantitative estimate of drug-likeness (QED) is 0.895. The molecule has 1 aromatic heterocycles. The number of nitrogens with one attached hydrogen (secondary N) is 1. The van der Waals surface area contributed by atoms with Crippen LogP contribution in [0.4, 0.5) is 16.0 Å². The Morgan fingerprint density at radius 1 is 1.15 bits per heavy atom. The van der Waals surface area contributed by atoms with Gasteiger partial charge in [-0.2, -0.15) is 0 Å². The molecule has 0 aliphatic heterocycles.